The van der Waals surface area contributed by atoms with Gasteiger partial charge in [0.1, 0.15) is 5.82 Å². The minimum Gasteiger partial charge on any atom is -0.465 e. The second-order valence-electron chi connectivity index (χ2n) is 4.72. The van der Waals surface area contributed by atoms with E-state index in [1.165, 1.54) is 13.2 Å². The predicted octanol–water partition coefficient (Wildman–Crippen LogP) is 2.39. The zero-order chi connectivity index (χ0) is 13.1. The number of hydrogen-bond donors (Lipinski definition) is 1. The topological polar surface area (TPSA) is 38.3 Å². The van der Waals surface area contributed by atoms with Gasteiger partial charge in [-0.2, -0.15) is 0 Å². The van der Waals surface area contributed by atoms with Crippen molar-refractivity contribution in [3.8, 4) is 0 Å². The average molecular weight is 251 g/mol. The zero-order valence-corrected chi connectivity index (χ0v) is 10.8. The molecular formula is C14H18FNO2. The normalized spacial score (nSPS) is 19.6. The number of aryl methyl sites for hydroxylation is 1. The Hall–Kier alpha value is -1.42. The van der Waals surface area contributed by atoms with Gasteiger partial charge < -0.3 is 10.1 Å². The van der Waals surface area contributed by atoms with Gasteiger partial charge in [0.25, 0.3) is 0 Å². The molecule has 1 N–H and O–H groups in total. The Morgan fingerprint density at radius 3 is 2.89 bits per heavy atom. The molecule has 1 saturated heterocycles. The Morgan fingerprint density at radius 1 is 1.50 bits per heavy atom. The highest BCUT2D eigenvalue weighted by Gasteiger charge is 2.21. The van der Waals surface area contributed by atoms with E-state index in [0.29, 0.717) is 16.7 Å². The van der Waals surface area contributed by atoms with E-state index in [1.807, 2.05) is 0 Å². The Balaban J connectivity index is 2.37. The number of esters is 1. The van der Waals surface area contributed by atoms with E-state index in [9.17, 15) is 9.18 Å². The average Bonchev–Trinajstić information content (AvgIpc) is 2.39. The second-order valence-corrected chi connectivity index (χ2v) is 4.72. The first-order valence-electron chi connectivity index (χ1n) is 6.22. The van der Waals surface area contributed by atoms with Crippen molar-refractivity contribution in [1.82, 2.24) is 5.32 Å². The maximum atomic E-state index is 14.0. The van der Waals surface area contributed by atoms with Crippen LogP contribution in [0.3, 0.4) is 0 Å². The van der Waals surface area contributed by atoms with Gasteiger partial charge in [-0.3, -0.25) is 0 Å². The highest BCUT2D eigenvalue weighted by atomic mass is 19.1. The molecule has 1 atom stereocenters. The van der Waals surface area contributed by atoms with Crippen molar-refractivity contribution in [2.24, 2.45) is 0 Å². The molecule has 0 aliphatic carbocycles. The van der Waals surface area contributed by atoms with Crippen LogP contribution in [-0.2, 0) is 4.74 Å². The fraction of sp³-hybridized carbons (Fsp3) is 0.500. The molecule has 0 radical (unpaired) electrons. The van der Waals surface area contributed by atoms with Crippen LogP contribution in [0.15, 0.2) is 12.1 Å². The summed E-state index contributed by atoms with van der Waals surface area (Å²) in [6, 6.07) is 3.07. The molecule has 0 saturated carbocycles. The molecule has 1 fully saturated rings. The van der Waals surface area contributed by atoms with Crippen LogP contribution in [0.2, 0.25) is 0 Å². The van der Waals surface area contributed by atoms with Crippen LogP contribution in [-0.4, -0.2) is 26.2 Å². The van der Waals surface area contributed by atoms with E-state index >= 15 is 0 Å². The van der Waals surface area contributed by atoms with Crippen molar-refractivity contribution in [3.05, 3.63) is 34.6 Å². The molecule has 1 heterocycles. The lowest BCUT2D eigenvalue weighted by Gasteiger charge is -2.24. The van der Waals surface area contributed by atoms with Crippen LogP contribution in [0.4, 0.5) is 4.39 Å². The number of benzene rings is 1. The Bertz CT molecular complexity index is 453. The maximum Gasteiger partial charge on any atom is 0.338 e. The van der Waals surface area contributed by atoms with E-state index < -0.39 is 5.97 Å². The van der Waals surface area contributed by atoms with Gasteiger partial charge >= 0.3 is 5.97 Å². The van der Waals surface area contributed by atoms with Crippen molar-refractivity contribution < 1.29 is 13.9 Å². The van der Waals surface area contributed by atoms with Crippen LogP contribution in [0.25, 0.3) is 0 Å². The summed E-state index contributed by atoms with van der Waals surface area (Å²) in [5, 5.41) is 3.25. The van der Waals surface area contributed by atoms with Crippen LogP contribution in [0.1, 0.15) is 40.2 Å². The Kier molecular flexibility index (Phi) is 3.97. The molecule has 1 aliphatic rings. The van der Waals surface area contributed by atoms with Crippen molar-refractivity contribution in [2.75, 3.05) is 20.2 Å². The Labute approximate surface area is 106 Å². The molecule has 4 heteroatoms. The smallest absolute Gasteiger partial charge is 0.338 e. The summed E-state index contributed by atoms with van der Waals surface area (Å²) in [7, 11) is 1.34. The van der Waals surface area contributed by atoms with Crippen molar-refractivity contribution in [2.45, 2.75) is 25.7 Å². The molecule has 1 aromatic rings. The number of nitrogens with one attached hydrogen (secondary N) is 1. The number of rotatable bonds is 2. The zero-order valence-electron chi connectivity index (χ0n) is 10.8. The minimum atomic E-state index is -0.405. The molecule has 1 aromatic carbocycles. The monoisotopic (exact) mass is 251 g/mol. The molecule has 0 spiro atoms. The SMILES string of the molecule is COC(=O)c1cc(C2CCCNC2)c(F)cc1C. The first-order chi connectivity index (χ1) is 8.63. The lowest BCUT2D eigenvalue weighted by molar-refractivity contribution is 0.0599. The van der Waals surface area contributed by atoms with Gasteiger partial charge in [-0.1, -0.05) is 0 Å². The molecule has 2 rings (SSSR count). The van der Waals surface area contributed by atoms with Gasteiger partial charge in [-0.25, -0.2) is 9.18 Å². The summed E-state index contributed by atoms with van der Waals surface area (Å²) in [4.78, 5) is 11.6. The van der Waals surface area contributed by atoms with E-state index in [4.69, 9.17) is 4.74 Å². The van der Waals surface area contributed by atoms with Crippen LogP contribution < -0.4 is 5.32 Å². The highest BCUT2D eigenvalue weighted by molar-refractivity contribution is 5.91. The predicted molar refractivity (Wildman–Crippen MR) is 67.3 cm³/mol. The summed E-state index contributed by atoms with van der Waals surface area (Å²) < 4.78 is 18.7. The van der Waals surface area contributed by atoms with E-state index in [1.54, 1.807) is 13.0 Å². The largest absolute Gasteiger partial charge is 0.465 e. The molecule has 98 valence electrons. The van der Waals surface area contributed by atoms with Crippen molar-refractivity contribution >= 4 is 5.97 Å². The molecular weight excluding hydrogens is 233 g/mol. The second kappa shape index (κ2) is 5.48. The molecule has 0 bridgehead atoms. The summed E-state index contributed by atoms with van der Waals surface area (Å²) in [5.41, 5.74) is 1.69. The van der Waals surface area contributed by atoms with Crippen molar-refractivity contribution in [3.63, 3.8) is 0 Å². The van der Waals surface area contributed by atoms with Gasteiger partial charge in [0.2, 0.25) is 0 Å². The molecule has 0 aromatic heterocycles. The number of ether oxygens (including phenoxy) is 1. The van der Waals surface area contributed by atoms with Gasteiger partial charge in [0, 0.05) is 6.54 Å². The quantitative estimate of drug-likeness (QED) is 0.820. The summed E-state index contributed by atoms with van der Waals surface area (Å²) >= 11 is 0. The summed E-state index contributed by atoms with van der Waals surface area (Å²) in [5.74, 6) is -0.492. The lowest BCUT2D eigenvalue weighted by Crippen LogP contribution is -2.29. The van der Waals surface area contributed by atoms with Gasteiger partial charge in [-0.05, 0) is 55.5 Å². The van der Waals surface area contributed by atoms with Gasteiger partial charge in [0.05, 0.1) is 12.7 Å². The third-order valence-electron chi connectivity index (χ3n) is 3.49. The summed E-state index contributed by atoms with van der Waals surface area (Å²) in [6.45, 7) is 3.46. The minimum absolute atomic E-state index is 0.141. The highest BCUT2D eigenvalue weighted by Crippen LogP contribution is 2.28. The number of carbonyl (C=O) groups is 1. The van der Waals surface area contributed by atoms with Crippen LogP contribution in [0, 0.1) is 12.7 Å². The molecule has 0 amide bonds. The summed E-state index contributed by atoms with van der Waals surface area (Å²) in [6.07, 6.45) is 1.99. The third kappa shape index (κ3) is 2.53. The maximum absolute atomic E-state index is 14.0. The number of halogens is 1. The standard InChI is InChI=1S/C14H18FNO2/c1-9-6-13(15)12(7-11(9)14(17)18-2)10-4-3-5-16-8-10/h6-7,10,16H,3-5,8H2,1-2H3. The lowest BCUT2D eigenvalue weighted by atomic mass is 9.89. The number of carbonyl (C=O) groups excluding carboxylic acids is 1. The number of methoxy groups -OCH3 is 1. The number of piperidine rings is 1. The fourth-order valence-corrected chi connectivity index (χ4v) is 2.45. The van der Waals surface area contributed by atoms with E-state index in [2.05, 4.69) is 5.32 Å². The Morgan fingerprint density at radius 2 is 2.28 bits per heavy atom. The van der Waals surface area contributed by atoms with Gasteiger partial charge in [0.15, 0.2) is 0 Å². The fourth-order valence-electron chi connectivity index (χ4n) is 2.45. The molecule has 18 heavy (non-hydrogen) atoms. The molecule has 1 unspecified atom stereocenters. The first-order valence-corrected chi connectivity index (χ1v) is 6.22. The third-order valence-corrected chi connectivity index (χ3v) is 3.49. The van der Waals surface area contributed by atoms with Crippen LogP contribution in [0.5, 0.6) is 0 Å². The van der Waals surface area contributed by atoms with E-state index in [0.717, 1.165) is 25.9 Å². The van der Waals surface area contributed by atoms with Crippen molar-refractivity contribution in [1.29, 1.82) is 0 Å². The first kappa shape index (κ1) is 13.0. The van der Waals surface area contributed by atoms with E-state index in [-0.39, 0.29) is 11.7 Å². The molecule has 1 aliphatic heterocycles. The number of hydrogen-bond acceptors (Lipinski definition) is 3. The van der Waals surface area contributed by atoms with Crippen LogP contribution >= 0.6 is 0 Å². The molecule has 3 nitrogen and oxygen atoms in total. The van der Waals surface area contributed by atoms with Gasteiger partial charge in [-0.15, -0.1) is 0 Å².